The van der Waals surface area contributed by atoms with Crippen LogP contribution in [0.1, 0.15) is 32.1 Å². The predicted molar refractivity (Wildman–Crippen MR) is 68.4 cm³/mol. The van der Waals surface area contributed by atoms with Gasteiger partial charge in [-0.2, -0.15) is 0 Å². The lowest BCUT2D eigenvalue weighted by atomic mass is 9.85. The van der Waals surface area contributed by atoms with Crippen molar-refractivity contribution >= 4 is 21.8 Å². The van der Waals surface area contributed by atoms with Crippen LogP contribution in [-0.2, 0) is 4.79 Å². The maximum Gasteiger partial charge on any atom is 0.237 e. The maximum atomic E-state index is 11.9. The molecule has 2 aliphatic rings. The highest BCUT2D eigenvalue weighted by molar-refractivity contribution is 9.11. The van der Waals surface area contributed by atoms with Crippen LogP contribution in [0.15, 0.2) is 11.1 Å². The topological polar surface area (TPSA) is 41.1 Å². The van der Waals surface area contributed by atoms with Gasteiger partial charge >= 0.3 is 0 Å². The van der Waals surface area contributed by atoms with E-state index in [0.29, 0.717) is 12.6 Å². The molecule has 3 nitrogen and oxygen atoms in total. The fourth-order valence-electron chi connectivity index (χ4n) is 2.83. The van der Waals surface area contributed by atoms with Gasteiger partial charge in [-0.1, -0.05) is 35.4 Å². The van der Waals surface area contributed by atoms with E-state index < -0.39 is 0 Å². The van der Waals surface area contributed by atoms with E-state index in [1.807, 2.05) is 0 Å². The molecule has 0 bridgehead atoms. The quantitative estimate of drug-likeness (QED) is 0.833. The highest BCUT2D eigenvalue weighted by Gasteiger charge is 2.37. The van der Waals surface area contributed by atoms with E-state index in [-0.39, 0.29) is 11.9 Å². The summed E-state index contributed by atoms with van der Waals surface area (Å²) in [5, 5.41) is 6.35. The molecule has 1 aliphatic carbocycles. The molecule has 1 aliphatic heterocycles. The summed E-state index contributed by atoms with van der Waals surface area (Å²) in [5.41, 5.74) is 0. The van der Waals surface area contributed by atoms with Gasteiger partial charge in [-0.3, -0.25) is 4.79 Å². The average molecular weight is 287 g/mol. The van der Waals surface area contributed by atoms with Crippen LogP contribution in [-0.4, -0.2) is 24.5 Å². The first kappa shape index (κ1) is 12.1. The molecule has 4 heteroatoms. The molecule has 3 unspecified atom stereocenters. The Hall–Kier alpha value is -0.350. The van der Waals surface area contributed by atoms with Crippen LogP contribution >= 0.6 is 15.9 Å². The first-order chi connectivity index (χ1) is 7.66. The number of carbonyl (C=O) groups excluding carboxylic acids is 1. The molecule has 90 valence electrons. The van der Waals surface area contributed by atoms with Crippen LogP contribution in [0.4, 0.5) is 0 Å². The molecule has 1 heterocycles. The minimum Gasteiger partial charge on any atom is -0.350 e. The molecule has 0 radical (unpaired) electrons. The highest BCUT2D eigenvalue weighted by atomic mass is 79.9. The second-order valence-corrected chi connectivity index (χ2v) is 5.96. The lowest BCUT2D eigenvalue weighted by molar-refractivity contribution is -0.122. The van der Waals surface area contributed by atoms with Crippen molar-refractivity contribution in [3.63, 3.8) is 0 Å². The molecular weight excluding hydrogens is 268 g/mol. The van der Waals surface area contributed by atoms with Crippen LogP contribution in [0.25, 0.3) is 0 Å². The molecule has 2 N–H and O–H groups in total. The second-order valence-electron chi connectivity index (χ2n) is 4.84. The van der Waals surface area contributed by atoms with Gasteiger partial charge in [0, 0.05) is 17.1 Å². The van der Waals surface area contributed by atoms with Gasteiger partial charge in [0.1, 0.15) is 0 Å². The fraction of sp³-hybridized carbons (Fsp3) is 0.750. The zero-order valence-electron chi connectivity index (χ0n) is 9.47. The van der Waals surface area contributed by atoms with Crippen molar-refractivity contribution in [2.45, 2.75) is 44.2 Å². The van der Waals surface area contributed by atoms with Gasteiger partial charge < -0.3 is 10.6 Å². The summed E-state index contributed by atoms with van der Waals surface area (Å²) in [4.78, 5) is 11.9. The smallest absolute Gasteiger partial charge is 0.237 e. The van der Waals surface area contributed by atoms with E-state index in [1.54, 1.807) is 0 Å². The Morgan fingerprint density at radius 1 is 1.44 bits per heavy atom. The van der Waals surface area contributed by atoms with E-state index in [0.717, 1.165) is 16.8 Å². The lowest BCUT2D eigenvalue weighted by Gasteiger charge is -2.24. The highest BCUT2D eigenvalue weighted by Crippen LogP contribution is 2.33. The maximum absolute atomic E-state index is 11.9. The van der Waals surface area contributed by atoms with Gasteiger partial charge in [0.25, 0.3) is 0 Å². The zero-order chi connectivity index (χ0) is 11.5. The molecule has 0 aromatic carbocycles. The van der Waals surface area contributed by atoms with Gasteiger partial charge in [0.2, 0.25) is 5.91 Å². The number of halogens is 1. The van der Waals surface area contributed by atoms with Crippen LogP contribution < -0.4 is 10.6 Å². The Morgan fingerprint density at radius 2 is 2.19 bits per heavy atom. The average Bonchev–Trinajstić information content (AvgIpc) is 2.69. The van der Waals surface area contributed by atoms with Crippen molar-refractivity contribution in [3.8, 4) is 0 Å². The Morgan fingerprint density at radius 3 is 2.88 bits per heavy atom. The molecule has 0 aromatic rings. The molecule has 1 saturated heterocycles. The fourth-order valence-corrected chi connectivity index (χ4v) is 2.97. The molecule has 1 amide bonds. The van der Waals surface area contributed by atoms with E-state index in [2.05, 4.69) is 33.1 Å². The largest absolute Gasteiger partial charge is 0.350 e. The third-order valence-corrected chi connectivity index (χ3v) is 3.91. The van der Waals surface area contributed by atoms with Crippen LogP contribution in [0.5, 0.6) is 0 Å². The normalized spacial score (nSPS) is 33.2. The van der Waals surface area contributed by atoms with Gasteiger partial charge in [-0.25, -0.2) is 0 Å². The first-order valence-electron chi connectivity index (χ1n) is 6.04. The monoisotopic (exact) mass is 286 g/mol. The summed E-state index contributed by atoms with van der Waals surface area (Å²) >= 11 is 3.24. The molecule has 2 fully saturated rings. The van der Waals surface area contributed by atoms with Crippen molar-refractivity contribution in [2.24, 2.45) is 5.92 Å². The number of hydrogen-bond acceptors (Lipinski definition) is 2. The van der Waals surface area contributed by atoms with Crippen LogP contribution in [0.2, 0.25) is 0 Å². The van der Waals surface area contributed by atoms with Crippen molar-refractivity contribution in [1.29, 1.82) is 0 Å². The van der Waals surface area contributed by atoms with E-state index in [9.17, 15) is 4.79 Å². The summed E-state index contributed by atoms with van der Waals surface area (Å²) in [6, 6.07) is 0.594. The first-order valence-corrected chi connectivity index (χ1v) is 6.83. The Labute approximate surface area is 105 Å². The molecule has 3 atom stereocenters. The molecule has 2 rings (SSSR count). The van der Waals surface area contributed by atoms with Gasteiger partial charge in [-0.15, -0.1) is 0 Å². The summed E-state index contributed by atoms with van der Waals surface area (Å²) in [5.74, 6) is 0.840. The van der Waals surface area contributed by atoms with Crippen molar-refractivity contribution < 1.29 is 4.79 Å². The molecule has 1 saturated carbocycles. The third-order valence-electron chi connectivity index (χ3n) is 3.63. The third kappa shape index (κ3) is 2.86. The van der Waals surface area contributed by atoms with Crippen LogP contribution in [0, 0.1) is 5.92 Å². The molecule has 16 heavy (non-hydrogen) atoms. The van der Waals surface area contributed by atoms with Gasteiger partial charge in [0.05, 0.1) is 6.04 Å². The number of rotatable bonds is 3. The summed E-state index contributed by atoms with van der Waals surface area (Å²) < 4.78 is 0.816. The van der Waals surface area contributed by atoms with Crippen molar-refractivity contribution in [2.75, 3.05) is 6.54 Å². The molecular formula is C12H19BrN2O. The SMILES string of the molecule is C=C(Br)CNC(=O)C1CC2CCCCC2N1. The second kappa shape index (κ2) is 5.32. The van der Waals surface area contributed by atoms with E-state index in [4.69, 9.17) is 0 Å². The standard InChI is InChI=1S/C12H19BrN2O/c1-8(13)7-14-12(16)11-6-9-4-2-3-5-10(9)15-11/h9-11,15H,1-7H2,(H,14,16). The number of fused-ring (bicyclic) bond motifs is 1. The number of hydrogen-bond donors (Lipinski definition) is 2. The predicted octanol–water partition coefficient (Wildman–Crippen LogP) is 1.93. The van der Waals surface area contributed by atoms with Gasteiger partial charge in [0.15, 0.2) is 0 Å². The zero-order valence-corrected chi connectivity index (χ0v) is 11.1. The Balaban J connectivity index is 1.82. The van der Waals surface area contributed by atoms with Crippen LogP contribution in [0.3, 0.4) is 0 Å². The summed E-state index contributed by atoms with van der Waals surface area (Å²) in [7, 11) is 0. The van der Waals surface area contributed by atoms with Crippen molar-refractivity contribution in [1.82, 2.24) is 10.6 Å². The van der Waals surface area contributed by atoms with E-state index in [1.165, 1.54) is 25.7 Å². The minimum atomic E-state index is 0.0138. The van der Waals surface area contributed by atoms with Gasteiger partial charge in [-0.05, 0) is 25.2 Å². The number of carbonyl (C=O) groups is 1. The summed E-state index contributed by atoms with van der Waals surface area (Å²) in [6.07, 6.45) is 6.16. The minimum absolute atomic E-state index is 0.0138. The molecule has 0 spiro atoms. The molecule has 0 aromatic heterocycles. The Bertz CT molecular complexity index is 279. The van der Waals surface area contributed by atoms with Crippen molar-refractivity contribution in [3.05, 3.63) is 11.1 Å². The number of amides is 1. The lowest BCUT2D eigenvalue weighted by Crippen LogP contribution is -2.43. The Kier molecular flexibility index (Phi) is 4.03. The summed E-state index contributed by atoms with van der Waals surface area (Å²) in [6.45, 7) is 4.23. The van der Waals surface area contributed by atoms with E-state index >= 15 is 0 Å². The number of nitrogens with one attached hydrogen (secondary N) is 2.